The monoisotopic (exact) mass is 317 g/mol. The molecule has 120 valence electrons. The van der Waals surface area contributed by atoms with Gasteiger partial charge in [-0.05, 0) is 36.6 Å². The fourth-order valence-corrected chi connectivity index (χ4v) is 3.30. The predicted molar refractivity (Wildman–Crippen MR) is 97.4 cm³/mol. The number of fused-ring (bicyclic) bond motifs is 3. The molecule has 0 aliphatic carbocycles. The average Bonchev–Trinajstić information content (AvgIpc) is 2.65. The van der Waals surface area contributed by atoms with Crippen molar-refractivity contribution in [3.05, 3.63) is 82.2 Å². The highest BCUT2D eigenvalue weighted by Gasteiger charge is 2.24. The highest BCUT2D eigenvalue weighted by molar-refractivity contribution is 5.86. The van der Waals surface area contributed by atoms with Crippen LogP contribution >= 0.6 is 0 Å². The number of para-hydroxylation sites is 1. The molecule has 0 radical (unpaired) electrons. The van der Waals surface area contributed by atoms with E-state index in [2.05, 4.69) is 24.3 Å². The number of nitrogens with zero attached hydrogens (tertiary/aromatic N) is 1. The normalized spacial score (nSPS) is 17.0. The maximum Gasteiger partial charge on any atom is 0.257 e. The lowest BCUT2D eigenvalue weighted by Gasteiger charge is -2.25. The van der Waals surface area contributed by atoms with E-state index in [4.69, 9.17) is 4.74 Å². The van der Waals surface area contributed by atoms with E-state index in [-0.39, 0.29) is 11.7 Å². The molecule has 0 spiro atoms. The Morgan fingerprint density at radius 2 is 1.83 bits per heavy atom. The second kappa shape index (κ2) is 6.00. The number of pyridine rings is 1. The molecule has 2 aromatic carbocycles. The van der Waals surface area contributed by atoms with Gasteiger partial charge in [0.25, 0.3) is 5.56 Å². The fourth-order valence-electron chi connectivity index (χ4n) is 3.30. The fraction of sp³-hybridized carbons (Fsp3) is 0.190. The number of ether oxygens (including phenoxy) is 1. The molecule has 3 aromatic rings. The van der Waals surface area contributed by atoms with E-state index < -0.39 is 0 Å². The van der Waals surface area contributed by atoms with Crippen molar-refractivity contribution in [2.45, 2.75) is 18.9 Å². The van der Waals surface area contributed by atoms with E-state index >= 15 is 0 Å². The Morgan fingerprint density at radius 1 is 1.08 bits per heavy atom. The molecule has 4 rings (SSSR count). The van der Waals surface area contributed by atoms with E-state index in [0.717, 1.165) is 40.6 Å². The smallest absolute Gasteiger partial charge is 0.257 e. The summed E-state index contributed by atoms with van der Waals surface area (Å²) in [7, 11) is 1.83. The van der Waals surface area contributed by atoms with Gasteiger partial charge < -0.3 is 9.30 Å². The van der Waals surface area contributed by atoms with Gasteiger partial charge in [0.1, 0.15) is 11.9 Å². The van der Waals surface area contributed by atoms with Crippen LogP contribution in [0.4, 0.5) is 0 Å². The lowest BCUT2D eigenvalue weighted by Crippen LogP contribution is -2.29. The minimum absolute atomic E-state index is 0.00628. The van der Waals surface area contributed by atoms with Crippen molar-refractivity contribution >= 4 is 17.0 Å². The Morgan fingerprint density at radius 3 is 2.67 bits per heavy atom. The zero-order valence-corrected chi connectivity index (χ0v) is 13.6. The Bertz CT molecular complexity index is 970. The van der Waals surface area contributed by atoms with Crippen LogP contribution in [0.1, 0.15) is 17.5 Å². The summed E-state index contributed by atoms with van der Waals surface area (Å²) >= 11 is 0. The van der Waals surface area contributed by atoms with Crippen LogP contribution in [0.2, 0.25) is 0 Å². The summed E-state index contributed by atoms with van der Waals surface area (Å²) in [6, 6.07) is 18.1. The van der Waals surface area contributed by atoms with Gasteiger partial charge in [-0.2, -0.15) is 0 Å². The average molecular weight is 317 g/mol. The molecular formula is C21H19NO2. The third-order valence-electron chi connectivity index (χ3n) is 4.60. The van der Waals surface area contributed by atoms with Crippen molar-refractivity contribution in [1.29, 1.82) is 0 Å². The van der Waals surface area contributed by atoms with Crippen LogP contribution in [0.3, 0.4) is 0 Å². The summed E-state index contributed by atoms with van der Waals surface area (Å²) in [5.41, 5.74) is 2.91. The summed E-state index contributed by atoms with van der Waals surface area (Å²) in [5.74, 6) is 0.752. The zero-order chi connectivity index (χ0) is 16.5. The molecule has 24 heavy (non-hydrogen) atoms. The van der Waals surface area contributed by atoms with Crippen LogP contribution in [-0.2, 0) is 13.5 Å². The maximum absolute atomic E-state index is 12.6. The molecule has 0 fully saturated rings. The molecule has 3 heteroatoms. The van der Waals surface area contributed by atoms with Crippen LogP contribution in [-0.4, -0.2) is 10.7 Å². The first-order valence-electron chi connectivity index (χ1n) is 8.24. The minimum atomic E-state index is -0.00628. The molecule has 1 unspecified atom stereocenters. The standard InChI is InChI=1S/C21H19NO2/c1-22-19-10-6-5-9-17(19)20-18(21(22)23)14-13-16(24-20)12-11-15-7-3-2-4-8-15/h2-12,16H,13-14H2,1H3/b12-11+. The van der Waals surface area contributed by atoms with Gasteiger partial charge in [0.2, 0.25) is 0 Å². The molecule has 3 nitrogen and oxygen atoms in total. The van der Waals surface area contributed by atoms with Crippen molar-refractivity contribution in [1.82, 2.24) is 4.57 Å². The largest absolute Gasteiger partial charge is 0.485 e. The SMILES string of the molecule is Cn1c(=O)c2c(c3ccccc31)OC(/C=C/c1ccccc1)CC2. The molecule has 1 aliphatic heterocycles. The van der Waals surface area contributed by atoms with Crippen LogP contribution in [0, 0.1) is 0 Å². The number of hydrogen-bond acceptors (Lipinski definition) is 2. The minimum Gasteiger partial charge on any atom is -0.485 e. The summed E-state index contributed by atoms with van der Waals surface area (Å²) in [4.78, 5) is 12.6. The van der Waals surface area contributed by atoms with Crippen molar-refractivity contribution < 1.29 is 4.74 Å². The Hall–Kier alpha value is -2.81. The van der Waals surface area contributed by atoms with Crippen LogP contribution in [0.25, 0.3) is 17.0 Å². The number of benzene rings is 2. The van der Waals surface area contributed by atoms with Crippen molar-refractivity contribution in [2.24, 2.45) is 7.05 Å². The van der Waals surface area contributed by atoms with E-state index in [1.807, 2.05) is 49.5 Å². The van der Waals surface area contributed by atoms with Crippen LogP contribution < -0.4 is 10.3 Å². The topological polar surface area (TPSA) is 31.2 Å². The molecule has 1 aliphatic rings. The van der Waals surface area contributed by atoms with Gasteiger partial charge in [-0.3, -0.25) is 4.79 Å². The molecule has 0 N–H and O–H groups in total. The lowest BCUT2D eigenvalue weighted by atomic mass is 10.00. The summed E-state index contributed by atoms with van der Waals surface area (Å²) in [6.07, 6.45) is 5.73. The van der Waals surface area contributed by atoms with Gasteiger partial charge in [0.15, 0.2) is 0 Å². The second-order valence-corrected chi connectivity index (χ2v) is 6.15. The number of hydrogen-bond donors (Lipinski definition) is 0. The highest BCUT2D eigenvalue weighted by atomic mass is 16.5. The Kier molecular flexibility index (Phi) is 3.69. The third kappa shape index (κ3) is 2.52. The number of rotatable bonds is 2. The molecule has 1 atom stereocenters. The first-order valence-corrected chi connectivity index (χ1v) is 8.24. The molecule has 2 heterocycles. The zero-order valence-electron chi connectivity index (χ0n) is 13.6. The molecule has 0 saturated heterocycles. The molecule has 0 bridgehead atoms. The Balaban J connectivity index is 1.72. The van der Waals surface area contributed by atoms with Crippen molar-refractivity contribution in [3.63, 3.8) is 0 Å². The van der Waals surface area contributed by atoms with Crippen LogP contribution in [0.5, 0.6) is 5.75 Å². The van der Waals surface area contributed by atoms with Gasteiger partial charge in [-0.25, -0.2) is 0 Å². The van der Waals surface area contributed by atoms with Gasteiger partial charge in [0, 0.05) is 12.4 Å². The first kappa shape index (κ1) is 14.8. The predicted octanol–water partition coefficient (Wildman–Crippen LogP) is 3.95. The summed E-state index contributed by atoms with van der Waals surface area (Å²) in [6.45, 7) is 0. The lowest BCUT2D eigenvalue weighted by molar-refractivity contribution is 0.221. The van der Waals surface area contributed by atoms with Gasteiger partial charge in [-0.15, -0.1) is 0 Å². The highest BCUT2D eigenvalue weighted by Crippen LogP contribution is 2.33. The summed E-state index contributed by atoms with van der Waals surface area (Å²) < 4.78 is 7.92. The van der Waals surface area contributed by atoms with E-state index in [1.165, 1.54) is 0 Å². The number of aromatic nitrogens is 1. The quantitative estimate of drug-likeness (QED) is 0.717. The van der Waals surface area contributed by atoms with Gasteiger partial charge in [-0.1, -0.05) is 48.5 Å². The van der Waals surface area contributed by atoms with Crippen LogP contribution in [0.15, 0.2) is 65.5 Å². The van der Waals surface area contributed by atoms with Gasteiger partial charge >= 0.3 is 0 Å². The summed E-state index contributed by atoms with van der Waals surface area (Å²) in [5, 5.41) is 1.01. The molecular weight excluding hydrogens is 298 g/mol. The van der Waals surface area contributed by atoms with E-state index in [0.29, 0.717) is 0 Å². The van der Waals surface area contributed by atoms with E-state index in [1.54, 1.807) is 4.57 Å². The van der Waals surface area contributed by atoms with Gasteiger partial charge in [0.05, 0.1) is 11.1 Å². The van der Waals surface area contributed by atoms with Crippen molar-refractivity contribution in [3.8, 4) is 5.75 Å². The molecule has 0 saturated carbocycles. The third-order valence-corrected chi connectivity index (χ3v) is 4.60. The number of aryl methyl sites for hydroxylation is 1. The first-order chi connectivity index (χ1) is 11.7. The molecule has 1 aromatic heterocycles. The second-order valence-electron chi connectivity index (χ2n) is 6.15. The maximum atomic E-state index is 12.6. The van der Waals surface area contributed by atoms with Crippen molar-refractivity contribution in [2.75, 3.05) is 0 Å². The molecule has 0 amide bonds. The Labute approximate surface area is 140 Å². The van der Waals surface area contributed by atoms with E-state index in [9.17, 15) is 4.79 Å².